The molecule has 1 heterocycles. The van der Waals surface area contributed by atoms with Crippen molar-refractivity contribution in [2.75, 3.05) is 0 Å². The summed E-state index contributed by atoms with van der Waals surface area (Å²) < 4.78 is 29.1. The van der Waals surface area contributed by atoms with Crippen molar-refractivity contribution >= 4 is 5.91 Å². The predicted octanol–water partition coefficient (Wildman–Crippen LogP) is 2.90. The van der Waals surface area contributed by atoms with Gasteiger partial charge in [0.1, 0.15) is 11.6 Å². The van der Waals surface area contributed by atoms with Crippen LogP contribution in [-0.2, 0) is 18.3 Å². The highest BCUT2D eigenvalue weighted by Crippen LogP contribution is 2.41. The van der Waals surface area contributed by atoms with Gasteiger partial charge in [-0.25, -0.2) is 8.78 Å². The van der Waals surface area contributed by atoms with E-state index in [4.69, 9.17) is 0 Å². The Bertz CT molecular complexity index is 710. The van der Waals surface area contributed by atoms with Crippen molar-refractivity contribution in [1.82, 2.24) is 15.1 Å². The molecule has 1 aromatic heterocycles. The van der Waals surface area contributed by atoms with E-state index in [1.807, 2.05) is 13.2 Å². The highest BCUT2D eigenvalue weighted by Gasteiger charge is 2.35. The molecule has 0 aliphatic heterocycles. The molecule has 0 spiro atoms. The number of nitrogens with one attached hydrogen (secondary N) is 1. The summed E-state index contributed by atoms with van der Waals surface area (Å²) in [6.45, 7) is 0. The maximum Gasteiger partial charge on any atom is 0.220 e. The van der Waals surface area contributed by atoms with Gasteiger partial charge in [0, 0.05) is 25.2 Å². The van der Waals surface area contributed by atoms with E-state index in [9.17, 15) is 13.6 Å². The largest absolute Gasteiger partial charge is 0.349 e. The van der Waals surface area contributed by atoms with Gasteiger partial charge >= 0.3 is 0 Å². The van der Waals surface area contributed by atoms with Crippen LogP contribution in [0.4, 0.5) is 8.78 Å². The molecule has 0 unspecified atom stereocenters. The second kappa shape index (κ2) is 6.48. The maximum atomic E-state index is 14.0. The molecule has 1 aromatic carbocycles. The van der Waals surface area contributed by atoms with Crippen LogP contribution in [0.1, 0.15) is 36.4 Å². The number of hydrogen-bond acceptors (Lipinski definition) is 2. The minimum absolute atomic E-state index is 0.158. The van der Waals surface area contributed by atoms with E-state index >= 15 is 0 Å². The van der Waals surface area contributed by atoms with Gasteiger partial charge in [-0.2, -0.15) is 5.10 Å². The van der Waals surface area contributed by atoms with Gasteiger partial charge in [-0.1, -0.05) is 0 Å². The van der Waals surface area contributed by atoms with E-state index in [1.54, 1.807) is 10.9 Å². The standard InChI is InChI=1S/C17H19F2N3O/c1-22-10-11(9-20-22)2-7-16(23)21-17(12-3-4-12)14-8-13(18)5-6-15(14)19/h5-6,8-10,12,17H,2-4,7H2,1H3,(H,21,23)/t17-/m0/s1. The summed E-state index contributed by atoms with van der Waals surface area (Å²) in [6.07, 6.45) is 6.29. The Kier molecular flexibility index (Phi) is 4.41. The van der Waals surface area contributed by atoms with Gasteiger partial charge in [0.2, 0.25) is 5.91 Å². The van der Waals surface area contributed by atoms with Crippen LogP contribution >= 0.6 is 0 Å². The minimum Gasteiger partial charge on any atom is -0.349 e. The first kappa shape index (κ1) is 15.6. The molecule has 1 saturated carbocycles. The summed E-state index contributed by atoms with van der Waals surface area (Å²) in [5, 5.41) is 6.92. The summed E-state index contributed by atoms with van der Waals surface area (Å²) in [6, 6.07) is 2.93. The lowest BCUT2D eigenvalue weighted by atomic mass is 10.0. The Morgan fingerprint density at radius 1 is 1.43 bits per heavy atom. The molecule has 0 saturated heterocycles. The van der Waals surface area contributed by atoms with Crippen LogP contribution in [0.15, 0.2) is 30.6 Å². The third kappa shape index (κ3) is 3.94. The second-order valence-electron chi connectivity index (χ2n) is 6.07. The zero-order valence-electron chi connectivity index (χ0n) is 12.9. The molecular weight excluding hydrogens is 300 g/mol. The molecule has 1 amide bonds. The Morgan fingerprint density at radius 2 is 2.22 bits per heavy atom. The van der Waals surface area contributed by atoms with Crippen LogP contribution in [0.25, 0.3) is 0 Å². The number of nitrogens with zero attached hydrogens (tertiary/aromatic N) is 2. The average Bonchev–Trinajstić information content (AvgIpc) is 3.27. The zero-order valence-corrected chi connectivity index (χ0v) is 12.9. The summed E-state index contributed by atoms with van der Waals surface area (Å²) in [5.41, 5.74) is 1.21. The Balaban J connectivity index is 1.65. The highest BCUT2D eigenvalue weighted by atomic mass is 19.1. The number of rotatable bonds is 6. The van der Waals surface area contributed by atoms with Gasteiger partial charge in [-0.3, -0.25) is 9.48 Å². The molecule has 23 heavy (non-hydrogen) atoms. The lowest BCUT2D eigenvalue weighted by Crippen LogP contribution is -2.30. The smallest absolute Gasteiger partial charge is 0.220 e. The molecule has 1 N–H and O–H groups in total. The van der Waals surface area contributed by atoms with Crippen molar-refractivity contribution in [3.8, 4) is 0 Å². The van der Waals surface area contributed by atoms with Crippen molar-refractivity contribution in [3.05, 3.63) is 53.4 Å². The fourth-order valence-corrected chi connectivity index (χ4v) is 2.74. The fraction of sp³-hybridized carbons (Fsp3) is 0.412. The van der Waals surface area contributed by atoms with Crippen molar-refractivity contribution < 1.29 is 13.6 Å². The summed E-state index contributed by atoms with van der Waals surface area (Å²) in [5.74, 6) is -0.935. The van der Waals surface area contributed by atoms with E-state index in [0.717, 1.165) is 30.5 Å². The third-order valence-electron chi connectivity index (χ3n) is 4.10. The van der Waals surface area contributed by atoms with Crippen molar-refractivity contribution in [2.24, 2.45) is 13.0 Å². The average molecular weight is 319 g/mol. The Hall–Kier alpha value is -2.24. The van der Waals surface area contributed by atoms with Crippen molar-refractivity contribution in [3.63, 3.8) is 0 Å². The number of carbonyl (C=O) groups is 1. The maximum absolute atomic E-state index is 14.0. The Labute approximate surface area is 133 Å². The number of amides is 1. The predicted molar refractivity (Wildman–Crippen MR) is 81.5 cm³/mol. The molecule has 1 aliphatic carbocycles. The number of aryl methyl sites for hydroxylation is 2. The molecule has 3 rings (SSSR count). The van der Waals surface area contributed by atoms with Gasteiger partial charge < -0.3 is 5.32 Å². The normalized spacial score (nSPS) is 15.4. The second-order valence-corrected chi connectivity index (χ2v) is 6.07. The zero-order chi connectivity index (χ0) is 16.4. The van der Waals surface area contributed by atoms with Gasteiger partial charge in [0.15, 0.2) is 0 Å². The van der Waals surface area contributed by atoms with Crippen LogP contribution in [0.2, 0.25) is 0 Å². The molecule has 1 fully saturated rings. The Morgan fingerprint density at radius 3 is 2.87 bits per heavy atom. The van der Waals surface area contributed by atoms with E-state index in [2.05, 4.69) is 10.4 Å². The molecule has 1 aliphatic rings. The van der Waals surface area contributed by atoms with Crippen molar-refractivity contribution in [2.45, 2.75) is 31.7 Å². The molecule has 1 atom stereocenters. The van der Waals surface area contributed by atoms with Crippen LogP contribution in [-0.4, -0.2) is 15.7 Å². The first-order valence-electron chi connectivity index (χ1n) is 7.75. The fourth-order valence-electron chi connectivity index (χ4n) is 2.74. The number of carbonyl (C=O) groups excluding carboxylic acids is 1. The monoisotopic (exact) mass is 319 g/mol. The lowest BCUT2D eigenvalue weighted by Gasteiger charge is -2.19. The first-order chi connectivity index (χ1) is 11.0. The number of halogens is 2. The summed E-state index contributed by atoms with van der Waals surface area (Å²) in [7, 11) is 1.82. The van der Waals surface area contributed by atoms with Crippen LogP contribution < -0.4 is 5.32 Å². The topological polar surface area (TPSA) is 46.9 Å². The van der Waals surface area contributed by atoms with Crippen molar-refractivity contribution in [1.29, 1.82) is 0 Å². The van der Waals surface area contributed by atoms with Crippen LogP contribution in [0.3, 0.4) is 0 Å². The van der Waals surface area contributed by atoms with E-state index in [-0.39, 0.29) is 17.4 Å². The van der Waals surface area contributed by atoms with E-state index < -0.39 is 17.7 Å². The lowest BCUT2D eigenvalue weighted by molar-refractivity contribution is -0.122. The molecule has 2 aromatic rings. The highest BCUT2D eigenvalue weighted by molar-refractivity contribution is 5.76. The van der Waals surface area contributed by atoms with Gasteiger partial charge in [-0.15, -0.1) is 0 Å². The molecule has 0 radical (unpaired) electrons. The van der Waals surface area contributed by atoms with Gasteiger partial charge in [0.05, 0.1) is 12.2 Å². The first-order valence-corrected chi connectivity index (χ1v) is 7.75. The minimum atomic E-state index is -0.489. The molecule has 6 heteroatoms. The number of benzene rings is 1. The van der Waals surface area contributed by atoms with Gasteiger partial charge in [0.25, 0.3) is 0 Å². The van der Waals surface area contributed by atoms with Gasteiger partial charge in [-0.05, 0) is 48.9 Å². The molecule has 122 valence electrons. The number of aromatic nitrogens is 2. The molecule has 0 bridgehead atoms. The van der Waals surface area contributed by atoms with E-state index in [1.165, 1.54) is 6.07 Å². The molecular formula is C17H19F2N3O. The number of hydrogen-bond donors (Lipinski definition) is 1. The summed E-state index contributed by atoms with van der Waals surface area (Å²) >= 11 is 0. The van der Waals surface area contributed by atoms with Crippen LogP contribution in [0, 0.1) is 17.6 Å². The SMILES string of the molecule is Cn1cc(CCC(=O)N[C@H](c2cc(F)ccc2F)C2CC2)cn1. The quantitative estimate of drug-likeness (QED) is 0.890. The van der Waals surface area contributed by atoms with Crippen LogP contribution in [0.5, 0.6) is 0 Å². The third-order valence-corrected chi connectivity index (χ3v) is 4.10. The summed E-state index contributed by atoms with van der Waals surface area (Å²) in [4.78, 5) is 12.2. The van der Waals surface area contributed by atoms with E-state index in [0.29, 0.717) is 12.8 Å². The molecule has 4 nitrogen and oxygen atoms in total.